The molecule has 0 amide bonds. The summed E-state index contributed by atoms with van der Waals surface area (Å²) in [6, 6.07) is 10.2. The van der Waals surface area contributed by atoms with E-state index in [1.807, 2.05) is 24.5 Å². The first-order valence-corrected chi connectivity index (χ1v) is 7.06. The van der Waals surface area contributed by atoms with Gasteiger partial charge in [-0.15, -0.1) is 0 Å². The lowest BCUT2D eigenvalue weighted by Crippen LogP contribution is -2.20. The molecular weight excluding hydrogens is 302 g/mol. The van der Waals surface area contributed by atoms with E-state index in [1.165, 1.54) is 11.1 Å². The summed E-state index contributed by atoms with van der Waals surface area (Å²) in [7, 11) is 2.12. The van der Waals surface area contributed by atoms with E-state index in [0.29, 0.717) is 0 Å². The molecule has 0 saturated heterocycles. The summed E-state index contributed by atoms with van der Waals surface area (Å²) in [4.78, 5) is 6.32. The molecule has 0 aliphatic carbocycles. The number of anilines is 1. The molecule has 0 bridgehead atoms. The predicted molar refractivity (Wildman–Crippen MR) is 82.8 cm³/mol. The number of benzene rings is 1. The fourth-order valence-corrected chi connectivity index (χ4v) is 2.20. The SMILES string of the molecule is CN(CCc1ccncc1)Cc1ccc(Br)c(N)c1. The van der Waals surface area contributed by atoms with Gasteiger partial charge >= 0.3 is 0 Å². The van der Waals surface area contributed by atoms with Gasteiger partial charge < -0.3 is 10.6 Å². The number of hydrogen-bond donors (Lipinski definition) is 1. The summed E-state index contributed by atoms with van der Waals surface area (Å²) in [5.74, 6) is 0. The molecule has 0 fully saturated rings. The van der Waals surface area contributed by atoms with Crippen molar-refractivity contribution in [1.29, 1.82) is 0 Å². The van der Waals surface area contributed by atoms with Gasteiger partial charge in [0.1, 0.15) is 0 Å². The van der Waals surface area contributed by atoms with Crippen molar-refractivity contribution in [3.05, 3.63) is 58.3 Å². The van der Waals surface area contributed by atoms with E-state index in [0.717, 1.165) is 29.7 Å². The van der Waals surface area contributed by atoms with Crippen molar-refractivity contribution >= 4 is 21.6 Å². The fourth-order valence-electron chi connectivity index (χ4n) is 1.95. The average Bonchev–Trinajstić information content (AvgIpc) is 2.42. The third-order valence-electron chi connectivity index (χ3n) is 3.04. The highest BCUT2D eigenvalue weighted by Crippen LogP contribution is 2.20. The number of rotatable bonds is 5. The minimum absolute atomic E-state index is 0.792. The van der Waals surface area contributed by atoms with Crippen LogP contribution in [0.4, 0.5) is 5.69 Å². The monoisotopic (exact) mass is 319 g/mol. The van der Waals surface area contributed by atoms with Crippen LogP contribution in [0.1, 0.15) is 11.1 Å². The lowest BCUT2D eigenvalue weighted by Gasteiger charge is -2.17. The lowest BCUT2D eigenvalue weighted by molar-refractivity contribution is 0.331. The van der Waals surface area contributed by atoms with E-state index < -0.39 is 0 Å². The summed E-state index contributed by atoms with van der Waals surface area (Å²) < 4.78 is 0.954. The highest BCUT2D eigenvalue weighted by Gasteiger charge is 2.03. The zero-order valence-corrected chi connectivity index (χ0v) is 12.6. The summed E-state index contributed by atoms with van der Waals surface area (Å²) in [5, 5.41) is 0. The van der Waals surface area contributed by atoms with Crippen LogP contribution in [0, 0.1) is 0 Å². The highest BCUT2D eigenvalue weighted by molar-refractivity contribution is 9.10. The number of hydrogen-bond acceptors (Lipinski definition) is 3. The molecule has 2 N–H and O–H groups in total. The maximum absolute atomic E-state index is 5.89. The molecule has 0 saturated carbocycles. The molecule has 0 unspecified atom stereocenters. The molecule has 0 radical (unpaired) electrons. The molecule has 1 heterocycles. The molecule has 0 spiro atoms. The van der Waals surface area contributed by atoms with Crippen molar-refractivity contribution in [3.8, 4) is 0 Å². The van der Waals surface area contributed by atoms with Gasteiger partial charge in [-0.3, -0.25) is 4.98 Å². The normalized spacial score (nSPS) is 10.9. The Kier molecular flexibility index (Phi) is 4.93. The smallest absolute Gasteiger partial charge is 0.0461 e. The van der Waals surface area contributed by atoms with E-state index in [2.05, 4.69) is 51.1 Å². The maximum atomic E-state index is 5.89. The first kappa shape index (κ1) is 14.0. The Morgan fingerprint density at radius 3 is 2.58 bits per heavy atom. The number of halogens is 1. The van der Waals surface area contributed by atoms with Crippen LogP contribution in [-0.4, -0.2) is 23.5 Å². The summed E-state index contributed by atoms with van der Waals surface area (Å²) >= 11 is 3.41. The molecule has 2 rings (SSSR count). The van der Waals surface area contributed by atoms with E-state index >= 15 is 0 Å². The van der Waals surface area contributed by atoms with Gasteiger partial charge in [0.05, 0.1) is 0 Å². The minimum Gasteiger partial charge on any atom is -0.398 e. The number of likely N-dealkylation sites (N-methyl/N-ethyl adjacent to an activating group) is 1. The number of aromatic nitrogens is 1. The van der Waals surface area contributed by atoms with Crippen LogP contribution < -0.4 is 5.73 Å². The zero-order chi connectivity index (χ0) is 13.7. The summed E-state index contributed by atoms with van der Waals surface area (Å²) in [6.07, 6.45) is 4.71. The largest absolute Gasteiger partial charge is 0.398 e. The molecule has 0 aliphatic rings. The number of pyridine rings is 1. The standard InChI is InChI=1S/C15H18BrN3/c1-19(9-6-12-4-7-18-8-5-12)11-13-2-3-14(16)15(17)10-13/h2-5,7-8,10H,6,9,11,17H2,1H3. The predicted octanol–water partition coefficient (Wildman–Crippen LogP) is 3.10. The van der Waals surface area contributed by atoms with Crippen molar-refractivity contribution in [1.82, 2.24) is 9.88 Å². The van der Waals surface area contributed by atoms with Crippen LogP contribution in [0.3, 0.4) is 0 Å². The second-order valence-electron chi connectivity index (χ2n) is 4.70. The molecule has 4 heteroatoms. The second-order valence-corrected chi connectivity index (χ2v) is 5.55. The Morgan fingerprint density at radius 2 is 1.89 bits per heavy atom. The molecule has 0 aliphatic heterocycles. The fraction of sp³-hybridized carbons (Fsp3) is 0.267. The van der Waals surface area contributed by atoms with Crippen molar-refractivity contribution in [3.63, 3.8) is 0 Å². The Bertz CT molecular complexity index is 528. The lowest BCUT2D eigenvalue weighted by atomic mass is 10.1. The Hall–Kier alpha value is -1.39. The Labute approximate surface area is 122 Å². The van der Waals surface area contributed by atoms with Gasteiger partial charge in [-0.25, -0.2) is 0 Å². The molecule has 1 aromatic carbocycles. The van der Waals surface area contributed by atoms with E-state index in [1.54, 1.807) is 0 Å². The van der Waals surface area contributed by atoms with Gasteiger partial charge in [0.25, 0.3) is 0 Å². The number of nitrogens with two attached hydrogens (primary N) is 1. The summed E-state index contributed by atoms with van der Waals surface area (Å²) in [5.41, 5.74) is 9.23. The topological polar surface area (TPSA) is 42.2 Å². The van der Waals surface area contributed by atoms with Crippen LogP contribution in [0.15, 0.2) is 47.2 Å². The van der Waals surface area contributed by atoms with Crippen LogP contribution in [-0.2, 0) is 13.0 Å². The second kappa shape index (κ2) is 6.68. The Morgan fingerprint density at radius 1 is 1.16 bits per heavy atom. The molecule has 1 aromatic heterocycles. The van der Waals surface area contributed by atoms with Crippen molar-refractivity contribution in [2.45, 2.75) is 13.0 Å². The van der Waals surface area contributed by atoms with E-state index in [4.69, 9.17) is 5.73 Å². The van der Waals surface area contributed by atoms with Crippen molar-refractivity contribution < 1.29 is 0 Å². The van der Waals surface area contributed by atoms with Gasteiger partial charge in [-0.05, 0) is 64.8 Å². The first-order valence-electron chi connectivity index (χ1n) is 6.26. The van der Waals surface area contributed by atoms with Crippen LogP contribution >= 0.6 is 15.9 Å². The third kappa shape index (κ3) is 4.33. The maximum Gasteiger partial charge on any atom is 0.0461 e. The van der Waals surface area contributed by atoms with E-state index in [-0.39, 0.29) is 0 Å². The van der Waals surface area contributed by atoms with Crippen molar-refractivity contribution in [2.75, 3.05) is 19.3 Å². The highest BCUT2D eigenvalue weighted by atomic mass is 79.9. The van der Waals surface area contributed by atoms with Gasteiger partial charge in [-0.1, -0.05) is 6.07 Å². The third-order valence-corrected chi connectivity index (χ3v) is 3.77. The van der Waals surface area contributed by atoms with Crippen LogP contribution in [0.2, 0.25) is 0 Å². The van der Waals surface area contributed by atoms with Gasteiger partial charge in [0.15, 0.2) is 0 Å². The van der Waals surface area contributed by atoms with Gasteiger partial charge in [0, 0.05) is 35.6 Å². The molecule has 19 heavy (non-hydrogen) atoms. The zero-order valence-electron chi connectivity index (χ0n) is 11.0. The minimum atomic E-state index is 0.792. The van der Waals surface area contributed by atoms with Crippen LogP contribution in [0.5, 0.6) is 0 Å². The van der Waals surface area contributed by atoms with Gasteiger partial charge in [-0.2, -0.15) is 0 Å². The molecule has 0 atom stereocenters. The molecular formula is C15H18BrN3. The van der Waals surface area contributed by atoms with Crippen molar-refractivity contribution in [2.24, 2.45) is 0 Å². The molecule has 3 nitrogen and oxygen atoms in total. The molecule has 100 valence electrons. The average molecular weight is 320 g/mol. The quantitative estimate of drug-likeness (QED) is 0.861. The summed E-state index contributed by atoms with van der Waals surface area (Å²) in [6.45, 7) is 1.92. The van der Waals surface area contributed by atoms with E-state index in [9.17, 15) is 0 Å². The number of nitrogen functional groups attached to an aromatic ring is 1. The van der Waals surface area contributed by atoms with Crippen LogP contribution in [0.25, 0.3) is 0 Å². The Balaban J connectivity index is 1.87. The van der Waals surface area contributed by atoms with Gasteiger partial charge in [0.2, 0.25) is 0 Å². The first-order chi connectivity index (χ1) is 9.15. The number of nitrogens with zero attached hydrogens (tertiary/aromatic N) is 2. The molecule has 2 aromatic rings.